The van der Waals surface area contributed by atoms with Crippen LogP contribution in [0.1, 0.15) is 123 Å². The van der Waals surface area contributed by atoms with Crippen molar-refractivity contribution in [3.05, 3.63) is 308 Å². The van der Waals surface area contributed by atoms with E-state index in [1.165, 1.54) is 88.2 Å². The van der Waals surface area contributed by atoms with E-state index >= 15 is 0 Å². The van der Waals surface area contributed by atoms with E-state index in [4.69, 9.17) is 33.2 Å². The molecule has 3 unspecified atom stereocenters. The highest BCUT2D eigenvalue weighted by molar-refractivity contribution is 6.07. The fourth-order valence-electron chi connectivity index (χ4n) is 22.1. The summed E-state index contributed by atoms with van der Waals surface area (Å²) in [4.78, 5) is 76.0. The molecule has 0 aliphatic carbocycles. The number of alkyl halides is 10. The van der Waals surface area contributed by atoms with Crippen LogP contribution in [0.5, 0.6) is 0 Å². The van der Waals surface area contributed by atoms with Crippen LogP contribution in [0.15, 0.2) is 219 Å². The summed E-state index contributed by atoms with van der Waals surface area (Å²) < 4.78 is 173. The topological polar surface area (TPSA) is 266 Å². The van der Waals surface area contributed by atoms with Gasteiger partial charge in [0.15, 0.2) is 0 Å². The average molecular weight is 2020 g/mol. The third-order valence-corrected chi connectivity index (χ3v) is 30.3. The van der Waals surface area contributed by atoms with Crippen LogP contribution in [0.3, 0.4) is 0 Å². The first kappa shape index (κ1) is 101. The molecule has 11 aliphatic rings. The lowest BCUT2D eigenvalue weighted by Crippen LogP contribution is -2.65. The lowest BCUT2D eigenvalue weighted by Gasteiger charge is -2.56. The Labute approximate surface area is 842 Å². The molecule has 15 heterocycles. The highest BCUT2D eigenvalue weighted by atomic mass is 19.4. The minimum absolute atomic E-state index is 0.0713. The number of carbonyl (C=O) groups is 4. The summed E-state index contributed by atoms with van der Waals surface area (Å²) in [5.41, 5.74) is 21.3. The van der Waals surface area contributed by atoms with Gasteiger partial charge in [-0.1, -0.05) is 72.8 Å². The number of ether oxygens (including phenoxy) is 7. The minimum Gasteiger partial charge on any atom is -0.396 e. The Morgan fingerprint density at radius 1 is 0.367 bits per heavy atom. The lowest BCUT2D eigenvalue weighted by molar-refractivity contribution is -0.145. The summed E-state index contributed by atoms with van der Waals surface area (Å²) in [5.74, 6) is -8.31. The number of carbonyl (C=O) groups excluding carboxylic acids is 4. The van der Waals surface area contributed by atoms with Crippen molar-refractivity contribution in [2.45, 2.75) is 116 Å². The van der Waals surface area contributed by atoms with Crippen LogP contribution in [-0.2, 0) is 83.0 Å². The maximum absolute atomic E-state index is 13.7. The molecular weight excluding hydrogens is 1910 g/mol. The van der Waals surface area contributed by atoms with E-state index in [0.717, 1.165) is 214 Å². The number of rotatable bonds is 15. The van der Waals surface area contributed by atoms with E-state index in [1.54, 1.807) is 6.07 Å². The number of morpholine rings is 4. The van der Waals surface area contributed by atoms with Crippen LogP contribution in [0.2, 0.25) is 0 Å². The van der Waals surface area contributed by atoms with Crippen molar-refractivity contribution in [2.75, 3.05) is 166 Å². The Kier molecular flexibility index (Phi) is 27.8. The number of halogens is 10. The van der Waals surface area contributed by atoms with Gasteiger partial charge in [0, 0.05) is 161 Å². The lowest BCUT2D eigenvalue weighted by atomic mass is 9.69. The molecule has 3 spiro atoms. The second kappa shape index (κ2) is 40.6. The van der Waals surface area contributed by atoms with Gasteiger partial charge >= 0.3 is 12.4 Å². The maximum atomic E-state index is 13.7. The summed E-state index contributed by atoms with van der Waals surface area (Å²) >= 11 is 0. The number of nitrogens with one attached hydrogen (secondary N) is 4. The van der Waals surface area contributed by atoms with Crippen molar-refractivity contribution in [1.82, 2.24) is 19.9 Å². The molecule has 7 fully saturated rings. The summed E-state index contributed by atoms with van der Waals surface area (Å²) in [6.07, 6.45) is -0.521. The summed E-state index contributed by atoms with van der Waals surface area (Å²) in [5, 5.41) is 21.0. The number of nitrogens with zero attached hydrogens (tertiary/aromatic N) is 8. The molecule has 34 heteroatoms. The first-order valence-electron chi connectivity index (χ1n) is 49.1. The second-order valence-electron chi connectivity index (χ2n) is 40.2. The smallest absolute Gasteiger partial charge is 0.396 e. The van der Waals surface area contributed by atoms with Crippen LogP contribution in [0.4, 0.5) is 89.4 Å². The number of aliphatic hydroxyl groups is 1. The van der Waals surface area contributed by atoms with Crippen molar-refractivity contribution in [2.24, 2.45) is 22.2 Å². The van der Waals surface area contributed by atoms with E-state index in [9.17, 15) is 68.2 Å². The molecule has 7 saturated heterocycles. The Morgan fingerprint density at radius 2 is 0.714 bits per heavy atom. The Balaban J connectivity index is 0.000000119. The summed E-state index contributed by atoms with van der Waals surface area (Å²) in [6.45, 7) is 22.8. The molecule has 147 heavy (non-hydrogen) atoms. The molecule has 8 aromatic carbocycles. The normalized spacial score (nSPS) is 19.9. The number of fused-ring (bicyclic) bond motifs is 15. The number of aliphatic hydroxyl groups excluding tert-OH is 1. The number of amides is 4. The third kappa shape index (κ3) is 20.8. The van der Waals surface area contributed by atoms with Crippen LogP contribution in [0, 0.1) is 49.9 Å². The first-order valence-corrected chi connectivity index (χ1v) is 49.1. The molecule has 0 radical (unpaired) electrons. The maximum Gasteiger partial charge on any atom is 0.433 e. The molecule has 5 N–H and O–H groups in total. The van der Waals surface area contributed by atoms with Gasteiger partial charge in [-0.2, -0.15) is 43.9 Å². The SMILES string of the molecule is Cc1ccc(NC(=O)c2ccnc(C(C)(F)F)c2)cc1-c1ccc2c(c1)N1CCOC[C@@H]1C1(COC1)C2.Cc1ccc(NC(=O)c2ccnc(C(C)(F)F)c2)cc1-c1ccc2c(c1)N1CCOC[C@H]1C1(COC1)C2.Cc1ccc(NC(=O)c2ccnc(C(F)(F)F)c2)cc1-c1ccc2c(c1)N1CCOCC1C(CO)C2.Cc1ncc(NC(=O)c2cccc(C(F)(F)F)c2)cc1-c1ccc2c(c1)N1CCOCC1C1(COC1)C2. The van der Waals surface area contributed by atoms with Crippen molar-refractivity contribution >= 4 is 69.1 Å². The molecule has 764 valence electrons. The molecular formula is C113H110F10N12O12. The van der Waals surface area contributed by atoms with Gasteiger partial charge in [-0.3, -0.25) is 39.1 Å². The van der Waals surface area contributed by atoms with Gasteiger partial charge in [-0.15, -0.1) is 0 Å². The third-order valence-electron chi connectivity index (χ3n) is 30.3. The highest BCUT2D eigenvalue weighted by Gasteiger charge is 2.56. The number of aryl methyl sites for hydroxylation is 4. The predicted molar refractivity (Wildman–Crippen MR) is 537 cm³/mol. The quantitative estimate of drug-likeness (QED) is 0.0597. The number of hydrogen-bond acceptors (Lipinski definition) is 20. The highest BCUT2D eigenvalue weighted by Crippen LogP contribution is 2.53. The van der Waals surface area contributed by atoms with E-state index < -0.39 is 70.5 Å². The van der Waals surface area contributed by atoms with Gasteiger partial charge in [0.25, 0.3) is 35.5 Å². The number of pyridine rings is 4. The van der Waals surface area contributed by atoms with Gasteiger partial charge in [-0.25, -0.2) is 0 Å². The second-order valence-corrected chi connectivity index (χ2v) is 40.2. The number of benzene rings is 8. The summed E-state index contributed by atoms with van der Waals surface area (Å²) in [6, 6.07) is 57.0. The minimum atomic E-state index is -4.63. The first-order chi connectivity index (χ1) is 70.4. The van der Waals surface area contributed by atoms with Gasteiger partial charge in [0.2, 0.25) is 0 Å². The molecule has 24 nitrogen and oxygen atoms in total. The summed E-state index contributed by atoms with van der Waals surface area (Å²) in [7, 11) is 0. The van der Waals surface area contributed by atoms with Crippen molar-refractivity contribution in [1.29, 1.82) is 0 Å². The Bertz CT molecular complexity index is 6550. The Hall–Kier alpha value is -13.6. The van der Waals surface area contributed by atoms with Gasteiger partial charge in [0.05, 0.1) is 134 Å². The predicted octanol–water partition coefficient (Wildman–Crippen LogP) is 20.2. The van der Waals surface area contributed by atoms with Crippen LogP contribution < -0.4 is 40.9 Å². The molecule has 11 aliphatic heterocycles. The average Bonchev–Trinajstić information content (AvgIpc) is 0.726. The zero-order valence-corrected chi connectivity index (χ0v) is 81.7. The molecule has 5 atom stereocenters. The van der Waals surface area contributed by atoms with Crippen LogP contribution >= 0.6 is 0 Å². The molecule has 4 aromatic heterocycles. The molecule has 0 bridgehead atoms. The largest absolute Gasteiger partial charge is 0.433 e. The van der Waals surface area contributed by atoms with E-state index in [-0.39, 0.29) is 63.1 Å². The monoisotopic (exact) mass is 2020 g/mol. The number of anilines is 8. The van der Waals surface area contributed by atoms with Crippen molar-refractivity contribution in [3.63, 3.8) is 0 Å². The Morgan fingerprint density at radius 3 is 1.09 bits per heavy atom. The van der Waals surface area contributed by atoms with E-state index in [2.05, 4.69) is 128 Å². The molecule has 12 aromatic rings. The van der Waals surface area contributed by atoms with E-state index in [1.807, 2.05) is 88.4 Å². The van der Waals surface area contributed by atoms with Gasteiger partial charge < -0.3 is 79.1 Å². The van der Waals surface area contributed by atoms with Gasteiger partial charge in [0.1, 0.15) is 17.1 Å². The van der Waals surface area contributed by atoms with Crippen LogP contribution in [-0.4, -0.2) is 198 Å². The van der Waals surface area contributed by atoms with Crippen molar-refractivity contribution < 1.29 is 101 Å². The van der Waals surface area contributed by atoms with Gasteiger partial charge in [-0.05, 0) is 253 Å². The van der Waals surface area contributed by atoms with E-state index in [0.29, 0.717) is 87.7 Å². The number of aromatic nitrogens is 4. The fourth-order valence-corrected chi connectivity index (χ4v) is 22.1. The van der Waals surface area contributed by atoms with Crippen molar-refractivity contribution in [3.8, 4) is 44.5 Å². The number of hydrogen-bond donors (Lipinski definition) is 5. The molecule has 23 rings (SSSR count). The molecule has 0 saturated carbocycles. The van der Waals surface area contributed by atoms with Crippen LogP contribution in [0.25, 0.3) is 44.5 Å². The zero-order chi connectivity index (χ0) is 103. The zero-order valence-electron chi connectivity index (χ0n) is 81.7. The molecule has 4 amide bonds. The standard InChI is InChI=1S/2C29H29F2N3O3.C28H26F3N3O3.C27H26F3N3O3/c2*1-18-3-6-22(33-27(35)20-7-8-32-25(12-20)28(2,30)31)13-23(18)19-4-5-21-14-29(16-37-17-29)26-15-36-10-9-34(26)24(21)11-19;1-17-23(11-22(13-32-17)33-26(35)19-3-2-4-21(9-19)28(29,30)31)18-5-6-20-12-27(15-37-16-27)25-14-36-8-7-34(25)24(20)10-18;1-16-2-5-21(32-26(35)19-6-7-31-25(12-19)27(28,29)30)13-22(16)17-3-4-18-10-20(14-34)24-15-36-9-8-33(24)23(18)11-17/h2*3-8,11-13,26H,9-10,14-17H2,1-2H3,(H,33,35);2-6,9-11,13,25H,7-8,12,14-16H2,1H3,(H,33,35);2-7,11-13,20,24,34H,8-10,14-15H2,1H3,(H,32,35)/t2*26-;;/m10../s1. The fraction of sp³-hybridized carbons (Fsp3) is 0.363.